The summed E-state index contributed by atoms with van der Waals surface area (Å²) < 4.78 is 11.9. The van der Waals surface area contributed by atoms with Crippen LogP contribution in [-0.4, -0.2) is 30.1 Å². The van der Waals surface area contributed by atoms with Crippen LogP contribution in [0.3, 0.4) is 0 Å². The number of rotatable bonds is 5. The molecule has 3 aromatic carbocycles. The Hall–Kier alpha value is -3.93. The molecule has 4 rings (SSSR count). The molecule has 0 saturated heterocycles. The lowest BCUT2D eigenvalue weighted by Gasteiger charge is -2.10. The lowest BCUT2D eigenvalue weighted by atomic mass is 10.2. The first kappa shape index (κ1) is 18.4. The fraction of sp³-hybridized carbons (Fsp3) is 0.0870. The quantitative estimate of drug-likeness (QED) is 0.488. The molecule has 0 spiro atoms. The molecule has 0 amide bonds. The molecule has 0 atom stereocenters. The molecule has 144 valence electrons. The van der Waals surface area contributed by atoms with Gasteiger partial charge in [0.15, 0.2) is 17.3 Å². The molecule has 1 heterocycles. The minimum Gasteiger partial charge on any atom is -0.493 e. The third-order valence-corrected chi connectivity index (χ3v) is 4.52. The van der Waals surface area contributed by atoms with Gasteiger partial charge in [0.25, 0.3) is 5.56 Å². The van der Waals surface area contributed by atoms with Gasteiger partial charge in [0.1, 0.15) is 0 Å². The topological polar surface area (TPSA) is 65.7 Å². The van der Waals surface area contributed by atoms with Gasteiger partial charge in [-0.05, 0) is 35.9 Å². The number of hydrogen-bond acceptors (Lipinski definition) is 5. The summed E-state index contributed by atoms with van der Waals surface area (Å²) in [7, 11) is 3.15. The minimum atomic E-state index is -0.230. The van der Waals surface area contributed by atoms with Gasteiger partial charge >= 0.3 is 0 Å². The van der Waals surface area contributed by atoms with E-state index in [1.54, 1.807) is 38.6 Å². The summed E-state index contributed by atoms with van der Waals surface area (Å²) in [5.41, 5.74) is 1.97. The molecule has 0 aliphatic heterocycles. The number of nitrogens with zero attached hydrogens (tertiary/aromatic N) is 3. The Morgan fingerprint density at radius 3 is 2.38 bits per heavy atom. The van der Waals surface area contributed by atoms with Crippen molar-refractivity contribution in [2.45, 2.75) is 0 Å². The normalized spacial score (nSPS) is 11.1. The number of ether oxygens (including phenoxy) is 2. The van der Waals surface area contributed by atoms with Crippen molar-refractivity contribution >= 4 is 17.1 Å². The van der Waals surface area contributed by atoms with Crippen molar-refractivity contribution in [2.24, 2.45) is 5.10 Å². The second kappa shape index (κ2) is 7.98. The SMILES string of the molecule is COc1ccc(C=Nn2c(-c3ccccc3)nc3ccccc3c2=O)cc1OC. The van der Waals surface area contributed by atoms with Crippen LogP contribution in [-0.2, 0) is 0 Å². The molecule has 6 nitrogen and oxygen atoms in total. The van der Waals surface area contributed by atoms with E-state index in [0.717, 1.165) is 11.1 Å². The van der Waals surface area contributed by atoms with Crippen molar-refractivity contribution in [3.05, 3.63) is 88.7 Å². The summed E-state index contributed by atoms with van der Waals surface area (Å²) in [6, 6.07) is 22.2. The van der Waals surface area contributed by atoms with E-state index in [9.17, 15) is 4.79 Å². The number of aromatic nitrogens is 2. The van der Waals surface area contributed by atoms with Crippen LogP contribution < -0.4 is 15.0 Å². The van der Waals surface area contributed by atoms with E-state index in [4.69, 9.17) is 9.47 Å². The Labute approximate surface area is 167 Å². The van der Waals surface area contributed by atoms with E-state index >= 15 is 0 Å². The maximum Gasteiger partial charge on any atom is 0.282 e. The second-order valence-electron chi connectivity index (χ2n) is 6.29. The van der Waals surface area contributed by atoms with Gasteiger partial charge in [0.05, 0.1) is 31.3 Å². The van der Waals surface area contributed by atoms with Gasteiger partial charge < -0.3 is 9.47 Å². The van der Waals surface area contributed by atoms with Crippen molar-refractivity contribution < 1.29 is 9.47 Å². The molecule has 0 saturated carbocycles. The van der Waals surface area contributed by atoms with Crippen LogP contribution in [0.2, 0.25) is 0 Å². The van der Waals surface area contributed by atoms with Crippen molar-refractivity contribution in [1.29, 1.82) is 0 Å². The van der Waals surface area contributed by atoms with Gasteiger partial charge in [-0.15, -0.1) is 0 Å². The number of methoxy groups -OCH3 is 2. The predicted molar refractivity (Wildman–Crippen MR) is 114 cm³/mol. The molecule has 0 bridgehead atoms. The molecular weight excluding hydrogens is 366 g/mol. The van der Waals surface area contributed by atoms with Gasteiger partial charge in [0.2, 0.25) is 0 Å². The summed E-state index contributed by atoms with van der Waals surface area (Å²) in [5, 5.41) is 4.96. The summed E-state index contributed by atoms with van der Waals surface area (Å²) in [6.45, 7) is 0. The molecule has 0 radical (unpaired) electrons. The van der Waals surface area contributed by atoms with E-state index in [1.807, 2.05) is 54.6 Å². The van der Waals surface area contributed by atoms with Crippen LogP contribution in [0.5, 0.6) is 11.5 Å². The van der Waals surface area contributed by atoms with Crippen LogP contribution in [0.25, 0.3) is 22.3 Å². The summed E-state index contributed by atoms with van der Waals surface area (Å²) in [5.74, 6) is 1.69. The second-order valence-corrected chi connectivity index (χ2v) is 6.29. The van der Waals surface area contributed by atoms with Crippen molar-refractivity contribution in [1.82, 2.24) is 9.66 Å². The van der Waals surface area contributed by atoms with E-state index < -0.39 is 0 Å². The first-order valence-corrected chi connectivity index (χ1v) is 9.05. The molecule has 4 aromatic rings. The van der Waals surface area contributed by atoms with Gasteiger partial charge in [-0.2, -0.15) is 9.78 Å². The van der Waals surface area contributed by atoms with Crippen LogP contribution in [0.15, 0.2) is 82.7 Å². The Morgan fingerprint density at radius 2 is 1.62 bits per heavy atom. The van der Waals surface area contributed by atoms with E-state index in [2.05, 4.69) is 10.1 Å². The van der Waals surface area contributed by atoms with Gasteiger partial charge in [-0.1, -0.05) is 42.5 Å². The highest BCUT2D eigenvalue weighted by Gasteiger charge is 2.12. The number of benzene rings is 3. The first-order chi connectivity index (χ1) is 14.2. The van der Waals surface area contributed by atoms with E-state index in [1.165, 1.54) is 4.68 Å². The highest BCUT2D eigenvalue weighted by atomic mass is 16.5. The number of para-hydroxylation sites is 1. The lowest BCUT2D eigenvalue weighted by molar-refractivity contribution is 0.355. The zero-order chi connectivity index (χ0) is 20.2. The summed E-state index contributed by atoms with van der Waals surface area (Å²) >= 11 is 0. The molecular formula is C23H19N3O3. The average Bonchev–Trinajstić information content (AvgIpc) is 2.78. The molecule has 0 N–H and O–H groups in total. The molecule has 29 heavy (non-hydrogen) atoms. The monoisotopic (exact) mass is 385 g/mol. The lowest BCUT2D eigenvalue weighted by Crippen LogP contribution is -2.20. The smallest absolute Gasteiger partial charge is 0.282 e. The van der Waals surface area contributed by atoms with Gasteiger partial charge in [0, 0.05) is 5.56 Å². The molecule has 0 unspecified atom stereocenters. The molecule has 0 aliphatic rings. The molecule has 0 fully saturated rings. The first-order valence-electron chi connectivity index (χ1n) is 9.05. The van der Waals surface area contributed by atoms with E-state index in [0.29, 0.717) is 28.2 Å². The fourth-order valence-electron chi connectivity index (χ4n) is 3.06. The number of fused-ring (bicyclic) bond motifs is 1. The van der Waals surface area contributed by atoms with Crippen LogP contribution >= 0.6 is 0 Å². The van der Waals surface area contributed by atoms with Crippen LogP contribution in [0.1, 0.15) is 5.56 Å². The fourth-order valence-corrected chi connectivity index (χ4v) is 3.06. The Bertz CT molecular complexity index is 1250. The van der Waals surface area contributed by atoms with Crippen molar-refractivity contribution in [2.75, 3.05) is 14.2 Å². The minimum absolute atomic E-state index is 0.230. The summed E-state index contributed by atoms with van der Waals surface area (Å²) in [6.07, 6.45) is 1.60. The Kier molecular flexibility index (Phi) is 5.07. The maximum absolute atomic E-state index is 13.1. The van der Waals surface area contributed by atoms with Gasteiger partial charge in [-0.3, -0.25) is 4.79 Å². The predicted octanol–water partition coefficient (Wildman–Crippen LogP) is 3.96. The number of hydrogen-bond donors (Lipinski definition) is 0. The standard InChI is InChI=1S/C23H19N3O3/c1-28-20-13-12-16(14-21(20)29-2)15-24-26-22(17-8-4-3-5-9-17)25-19-11-7-6-10-18(19)23(26)27/h3-15H,1-2H3. The van der Waals surface area contributed by atoms with Crippen LogP contribution in [0, 0.1) is 0 Å². The van der Waals surface area contributed by atoms with E-state index in [-0.39, 0.29) is 5.56 Å². The van der Waals surface area contributed by atoms with Crippen molar-refractivity contribution in [3.8, 4) is 22.9 Å². The molecule has 0 aliphatic carbocycles. The molecule has 1 aromatic heterocycles. The Morgan fingerprint density at radius 1 is 0.897 bits per heavy atom. The highest BCUT2D eigenvalue weighted by molar-refractivity contribution is 5.82. The highest BCUT2D eigenvalue weighted by Crippen LogP contribution is 2.27. The third-order valence-electron chi connectivity index (χ3n) is 4.52. The van der Waals surface area contributed by atoms with Crippen LogP contribution in [0.4, 0.5) is 0 Å². The summed E-state index contributed by atoms with van der Waals surface area (Å²) in [4.78, 5) is 17.8. The van der Waals surface area contributed by atoms with Gasteiger partial charge in [-0.25, -0.2) is 4.98 Å². The maximum atomic E-state index is 13.1. The average molecular weight is 385 g/mol. The third kappa shape index (κ3) is 3.60. The zero-order valence-electron chi connectivity index (χ0n) is 16.1. The molecule has 6 heteroatoms. The zero-order valence-corrected chi connectivity index (χ0v) is 16.1. The largest absolute Gasteiger partial charge is 0.493 e. The van der Waals surface area contributed by atoms with Crippen molar-refractivity contribution in [3.63, 3.8) is 0 Å². The Balaban J connectivity index is 1.87.